The Balaban J connectivity index is 2.42. The van der Waals surface area contributed by atoms with Crippen LogP contribution < -0.4 is 0 Å². The van der Waals surface area contributed by atoms with Crippen LogP contribution in [0.3, 0.4) is 0 Å². The maximum absolute atomic E-state index is 12.1. The van der Waals surface area contributed by atoms with Crippen LogP contribution in [-0.4, -0.2) is 33.0 Å². The van der Waals surface area contributed by atoms with E-state index in [4.69, 9.17) is 9.63 Å². The number of halogens is 2. The Kier molecular flexibility index (Phi) is 5.84. The minimum Gasteiger partial charge on any atom is -0.387 e. The molecule has 1 rings (SSSR count). The highest BCUT2D eigenvalue weighted by Gasteiger charge is 2.20. The zero-order valence-corrected chi connectivity index (χ0v) is 10.6. The third-order valence-electron chi connectivity index (χ3n) is 2.26. The molecule has 0 aliphatic heterocycles. The molecule has 1 N–H and O–H groups in total. The van der Waals surface area contributed by atoms with Gasteiger partial charge in [0.25, 0.3) is 6.43 Å². The van der Waals surface area contributed by atoms with Crippen LogP contribution in [0.5, 0.6) is 0 Å². The van der Waals surface area contributed by atoms with Gasteiger partial charge < -0.3 is 9.63 Å². The number of alkyl halides is 2. The molecular formula is C10H16F2N2O2S. The van der Waals surface area contributed by atoms with E-state index in [-0.39, 0.29) is 12.3 Å². The summed E-state index contributed by atoms with van der Waals surface area (Å²) in [5, 5.41) is 13.1. The fourth-order valence-corrected chi connectivity index (χ4v) is 1.82. The fourth-order valence-electron chi connectivity index (χ4n) is 1.03. The number of thioether (sulfide) groups is 1. The van der Waals surface area contributed by atoms with Gasteiger partial charge in [0.15, 0.2) is 5.82 Å². The zero-order valence-electron chi connectivity index (χ0n) is 9.77. The van der Waals surface area contributed by atoms with Crippen molar-refractivity contribution in [2.45, 2.75) is 50.2 Å². The smallest absolute Gasteiger partial charge is 0.264 e. The SMILES string of the molecule is CCC(C)SCc1noc(CC(O)C(F)F)n1. The Hall–Kier alpha value is -0.690. The van der Waals surface area contributed by atoms with E-state index in [0.717, 1.165) is 6.42 Å². The van der Waals surface area contributed by atoms with Crippen LogP contribution in [0.2, 0.25) is 0 Å². The molecule has 0 saturated carbocycles. The molecule has 0 radical (unpaired) electrons. The molecule has 0 saturated heterocycles. The average molecular weight is 266 g/mol. The summed E-state index contributed by atoms with van der Waals surface area (Å²) in [6.45, 7) is 4.17. The molecule has 0 aliphatic carbocycles. The molecule has 0 fully saturated rings. The first-order valence-electron chi connectivity index (χ1n) is 5.42. The van der Waals surface area contributed by atoms with Crippen molar-refractivity contribution in [1.29, 1.82) is 0 Å². The highest BCUT2D eigenvalue weighted by atomic mass is 32.2. The minimum atomic E-state index is -2.79. The Morgan fingerprint density at radius 3 is 2.76 bits per heavy atom. The van der Waals surface area contributed by atoms with E-state index in [9.17, 15) is 8.78 Å². The van der Waals surface area contributed by atoms with Gasteiger partial charge in [0.05, 0.1) is 12.2 Å². The third kappa shape index (κ3) is 4.99. The molecule has 0 amide bonds. The molecule has 1 aromatic rings. The lowest BCUT2D eigenvalue weighted by Crippen LogP contribution is -2.20. The van der Waals surface area contributed by atoms with Gasteiger partial charge in [-0.25, -0.2) is 8.78 Å². The van der Waals surface area contributed by atoms with E-state index in [2.05, 4.69) is 24.0 Å². The van der Waals surface area contributed by atoms with Crippen molar-refractivity contribution in [3.05, 3.63) is 11.7 Å². The molecule has 98 valence electrons. The van der Waals surface area contributed by atoms with Crippen molar-refractivity contribution in [2.24, 2.45) is 0 Å². The highest BCUT2D eigenvalue weighted by Crippen LogP contribution is 2.18. The van der Waals surface area contributed by atoms with E-state index in [0.29, 0.717) is 16.8 Å². The fraction of sp³-hybridized carbons (Fsp3) is 0.800. The summed E-state index contributed by atoms with van der Waals surface area (Å²) in [6, 6.07) is 0. The maximum Gasteiger partial charge on any atom is 0.264 e. The van der Waals surface area contributed by atoms with Crippen LogP contribution in [-0.2, 0) is 12.2 Å². The molecule has 2 unspecified atom stereocenters. The van der Waals surface area contributed by atoms with E-state index >= 15 is 0 Å². The molecule has 1 aromatic heterocycles. The van der Waals surface area contributed by atoms with Gasteiger partial charge in [-0.3, -0.25) is 0 Å². The zero-order chi connectivity index (χ0) is 12.8. The van der Waals surface area contributed by atoms with Crippen molar-refractivity contribution >= 4 is 11.8 Å². The quantitative estimate of drug-likeness (QED) is 0.820. The van der Waals surface area contributed by atoms with Gasteiger partial charge in [-0.2, -0.15) is 16.7 Å². The Morgan fingerprint density at radius 2 is 2.18 bits per heavy atom. The summed E-state index contributed by atoms with van der Waals surface area (Å²) < 4.78 is 28.9. The first kappa shape index (κ1) is 14.4. The molecule has 4 nitrogen and oxygen atoms in total. The Morgan fingerprint density at radius 1 is 1.47 bits per heavy atom. The van der Waals surface area contributed by atoms with E-state index in [1.165, 1.54) is 0 Å². The van der Waals surface area contributed by atoms with Gasteiger partial charge in [-0.15, -0.1) is 0 Å². The molecular weight excluding hydrogens is 250 g/mol. The van der Waals surface area contributed by atoms with Crippen molar-refractivity contribution in [3.8, 4) is 0 Å². The highest BCUT2D eigenvalue weighted by molar-refractivity contribution is 7.99. The maximum atomic E-state index is 12.1. The monoisotopic (exact) mass is 266 g/mol. The second-order valence-electron chi connectivity index (χ2n) is 3.74. The Bertz CT molecular complexity index is 336. The number of nitrogens with zero attached hydrogens (tertiary/aromatic N) is 2. The minimum absolute atomic E-state index is 0.0533. The number of aliphatic hydroxyl groups excluding tert-OH is 1. The number of rotatable bonds is 7. The predicted molar refractivity (Wildman–Crippen MR) is 61.1 cm³/mol. The summed E-state index contributed by atoms with van der Waals surface area (Å²) in [5.74, 6) is 1.12. The molecule has 0 bridgehead atoms. The largest absolute Gasteiger partial charge is 0.387 e. The van der Waals surface area contributed by atoms with Gasteiger partial charge in [0.1, 0.15) is 6.10 Å². The Labute approximate surface area is 103 Å². The topological polar surface area (TPSA) is 59.2 Å². The standard InChI is InChI=1S/C10H16F2N2O2S/c1-3-6(2)17-5-8-13-9(16-14-8)4-7(15)10(11)12/h6-7,10,15H,3-5H2,1-2H3. The average Bonchev–Trinajstić information content (AvgIpc) is 2.73. The van der Waals surface area contributed by atoms with E-state index in [1.54, 1.807) is 11.8 Å². The lowest BCUT2D eigenvalue weighted by molar-refractivity contribution is -0.00754. The number of hydrogen-bond acceptors (Lipinski definition) is 5. The summed E-state index contributed by atoms with van der Waals surface area (Å²) in [6.07, 6.45) is -3.80. The van der Waals surface area contributed by atoms with Crippen LogP contribution in [0.15, 0.2) is 4.52 Å². The first-order valence-corrected chi connectivity index (χ1v) is 6.47. The van der Waals surface area contributed by atoms with Gasteiger partial charge in [0, 0.05) is 5.25 Å². The summed E-state index contributed by atoms with van der Waals surface area (Å²) >= 11 is 1.67. The van der Waals surface area contributed by atoms with E-state index in [1.807, 2.05) is 0 Å². The second-order valence-corrected chi connectivity index (χ2v) is 5.17. The lowest BCUT2D eigenvalue weighted by Gasteiger charge is -2.05. The predicted octanol–water partition coefficient (Wildman–Crippen LogP) is 2.27. The van der Waals surface area contributed by atoms with Gasteiger partial charge >= 0.3 is 0 Å². The van der Waals surface area contributed by atoms with Gasteiger partial charge in [-0.1, -0.05) is 19.0 Å². The summed E-state index contributed by atoms with van der Waals surface area (Å²) in [4.78, 5) is 3.95. The van der Waals surface area contributed by atoms with Crippen molar-refractivity contribution < 1.29 is 18.4 Å². The van der Waals surface area contributed by atoms with Gasteiger partial charge in [0.2, 0.25) is 5.89 Å². The van der Waals surface area contributed by atoms with Crippen LogP contribution in [0.25, 0.3) is 0 Å². The number of hydrogen-bond donors (Lipinski definition) is 1. The molecule has 0 aliphatic rings. The molecule has 1 heterocycles. The lowest BCUT2D eigenvalue weighted by atomic mass is 10.2. The van der Waals surface area contributed by atoms with Crippen molar-refractivity contribution in [2.75, 3.05) is 0 Å². The van der Waals surface area contributed by atoms with Crippen LogP contribution >= 0.6 is 11.8 Å². The summed E-state index contributed by atoms with van der Waals surface area (Å²) in [7, 11) is 0. The molecule has 0 aromatic carbocycles. The first-order chi connectivity index (χ1) is 8.02. The third-order valence-corrected chi connectivity index (χ3v) is 3.58. The van der Waals surface area contributed by atoms with Crippen LogP contribution in [0.1, 0.15) is 32.0 Å². The normalized spacial score (nSPS) is 15.2. The number of aromatic nitrogens is 2. The molecule has 0 spiro atoms. The van der Waals surface area contributed by atoms with Crippen LogP contribution in [0, 0.1) is 0 Å². The van der Waals surface area contributed by atoms with Crippen molar-refractivity contribution in [3.63, 3.8) is 0 Å². The molecule has 17 heavy (non-hydrogen) atoms. The second kappa shape index (κ2) is 6.90. The van der Waals surface area contributed by atoms with Crippen molar-refractivity contribution in [1.82, 2.24) is 10.1 Å². The van der Waals surface area contributed by atoms with Gasteiger partial charge in [-0.05, 0) is 6.42 Å². The molecule has 2 atom stereocenters. The number of aliphatic hydroxyl groups is 1. The molecule has 7 heteroatoms. The van der Waals surface area contributed by atoms with E-state index < -0.39 is 12.5 Å². The van der Waals surface area contributed by atoms with Crippen LogP contribution in [0.4, 0.5) is 8.78 Å². The summed E-state index contributed by atoms with van der Waals surface area (Å²) in [5.41, 5.74) is 0.